The molecule has 0 fully saturated rings. The molecule has 160 valence electrons. The second-order valence-corrected chi connectivity index (χ2v) is 7.48. The van der Waals surface area contributed by atoms with E-state index in [2.05, 4.69) is 10.6 Å². The molecule has 0 aromatic heterocycles. The lowest BCUT2D eigenvalue weighted by Crippen LogP contribution is -2.39. The van der Waals surface area contributed by atoms with Gasteiger partial charge in [0.15, 0.2) is 6.61 Å². The zero-order chi connectivity index (χ0) is 22.1. The summed E-state index contributed by atoms with van der Waals surface area (Å²) in [7, 11) is 0. The van der Waals surface area contributed by atoms with Crippen LogP contribution >= 0.6 is 0 Å². The monoisotopic (exact) mass is 411 g/mol. The van der Waals surface area contributed by atoms with Gasteiger partial charge in [0.2, 0.25) is 0 Å². The predicted molar refractivity (Wildman–Crippen MR) is 116 cm³/mol. The van der Waals surface area contributed by atoms with Gasteiger partial charge in [-0.25, -0.2) is 9.59 Å². The van der Waals surface area contributed by atoms with Gasteiger partial charge < -0.3 is 20.3 Å². The van der Waals surface area contributed by atoms with Crippen LogP contribution in [0.3, 0.4) is 0 Å². The number of para-hydroxylation sites is 1. The molecule has 0 aliphatic rings. The van der Waals surface area contributed by atoms with E-state index in [-0.39, 0.29) is 30.2 Å². The van der Waals surface area contributed by atoms with Crippen molar-refractivity contribution >= 4 is 23.6 Å². The molecule has 2 rings (SSSR count). The van der Waals surface area contributed by atoms with Gasteiger partial charge in [-0.1, -0.05) is 42.5 Å². The zero-order valence-electron chi connectivity index (χ0n) is 17.8. The molecule has 2 aromatic carbocycles. The van der Waals surface area contributed by atoms with Crippen molar-refractivity contribution in [1.82, 2.24) is 10.2 Å². The molecule has 0 saturated carbocycles. The predicted octanol–water partition coefficient (Wildman–Crippen LogP) is 3.81. The Balaban J connectivity index is 2.02. The van der Waals surface area contributed by atoms with E-state index < -0.39 is 12.0 Å². The van der Waals surface area contributed by atoms with Crippen LogP contribution in [0.15, 0.2) is 54.6 Å². The number of anilines is 1. The Bertz CT molecular complexity index is 866. The van der Waals surface area contributed by atoms with Gasteiger partial charge in [0.1, 0.15) is 0 Å². The molecule has 2 N–H and O–H groups in total. The first-order chi connectivity index (χ1) is 14.3. The van der Waals surface area contributed by atoms with E-state index in [9.17, 15) is 14.4 Å². The Kier molecular flexibility index (Phi) is 8.41. The van der Waals surface area contributed by atoms with Crippen molar-refractivity contribution in [3.8, 4) is 0 Å². The number of benzene rings is 2. The first-order valence-corrected chi connectivity index (χ1v) is 9.95. The maximum absolute atomic E-state index is 12.7. The summed E-state index contributed by atoms with van der Waals surface area (Å²) in [6.45, 7) is 7.55. The third-order valence-corrected chi connectivity index (χ3v) is 4.28. The second kappa shape index (κ2) is 11.0. The highest BCUT2D eigenvalue weighted by Crippen LogP contribution is 2.17. The SMILES string of the molecule is CC(C)NC(=O)Nc1ccccc1C(=O)OCC(=O)N(Cc1ccccc1)C(C)C. The van der Waals surface area contributed by atoms with E-state index >= 15 is 0 Å². The number of ether oxygens (including phenoxy) is 1. The van der Waals surface area contributed by atoms with Gasteiger partial charge in [0.25, 0.3) is 5.91 Å². The van der Waals surface area contributed by atoms with Crippen molar-refractivity contribution in [2.24, 2.45) is 0 Å². The van der Waals surface area contributed by atoms with Crippen LogP contribution in [0.1, 0.15) is 43.6 Å². The summed E-state index contributed by atoms with van der Waals surface area (Å²) in [4.78, 5) is 38.9. The summed E-state index contributed by atoms with van der Waals surface area (Å²) in [5.41, 5.74) is 1.50. The number of carbonyl (C=O) groups excluding carboxylic acids is 3. The van der Waals surface area contributed by atoms with Gasteiger partial charge in [-0.05, 0) is 45.4 Å². The normalized spacial score (nSPS) is 10.6. The Labute approximate surface area is 177 Å². The van der Waals surface area contributed by atoms with E-state index in [1.807, 2.05) is 58.0 Å². The molecule has 0 heterocycles. The van der Waals surface area contributed by atoms with Crippen LogP contribution in [0.25, 0.3) is 0 Å². The third-order valence-electron chi connectivity index (χ3n) is 4.28. The van der Waals surface area contributed by atoms with Crippen molar-refractivity contribution in [3.63, 3.8) is 0 Å². The molecule has 30 heavy (non-hydrogen) atoms. The highest BCUT2D eigenvalue weighted by Gasteiger charge is 2.21. The first-order valence-electron chi connectivity index (χ1n) is 9.95. The number of hydrogen-bond donors (Lipinski definition) is 2. The third kappa shape index (κ3) is 6.92. The number of urea groups is 1. The van der Waals surface area contributed by atoms with E-state index in [1.54, 1.807) is 29.2 Å². The Morgan fingerprint density at radius 2 is 1.57 bits per heavy atom. The molecule has 0 atom stereocenters. The molecule has 7 heteroatoms. The average Bonchev–Trinajstić information content (AvgIpc) is 2.70. The van der Waals surface area contributed by atoms with Gasteiger partial charge in [-0.15, -0.1) is 0 Å². The number of amides is 3. The van der Waals surface area contributed by atoms with Gasteiger partial charge in [-0.2, -0.15) is 0 Å². The molecular weight excluding hydrogens is 382 g/mol. The lowest BCUT2D eigenvalue weighted by Gasteiger charge is -2.26. The van der Waals surface area contributed by atoms with Crippen LogP contribution in [0.2, 0.25) is 0 Å². The Morgan fingerprint density at radius 1 is 0.933 bits per heavy atom. The zero-order valence-corrected chi connectivity index (χ0v) is 17.8. The van der Waals surface area contributed by atoms with Gasteiger partial charge >= 0.3 is 12.0 Å². The van der Waals surface area contributed by atoms with Crippen molar-refractivity contribution in [2.75, 3.05) is 11.9 Å². The fourth-order valence-corrected chi connectivity index (χ4v) is 2.82. The quantitative estimate of drug-likeness (QED) is 0.647. The van der Waals surface area contributed by atoms with E-state index in [4.69, 9.17) is 4.74 Å². The largest absolute Gasteiger partial charge is 0.452 e. The summed E-state index contributed by atoms with van der Waals surface area (Å²) >= 11 is 0. The van der Waals surface area contributed by atoms with Gasteiger partial charge in [0.05, 0.1) is 11.3 Å². The fraction of sp³-hybridized carbons (Fsp3) is 0.348. The summed E-state index contributed by atoms with van der Waals surface area (Å²) in [5.74, 6) is -0.961. The molecule has 0 radical (unpaired) electrons. The van der Waals surface area contributed by atoms with Gasteiger partial charge in [0, 0.05) is 18.6 Å². The molecular formula is C23H29N3O4. The van der Waals surface area contributed by atoms with Crippen LogP contribution in [-0.4, -0.2) is 41.5 Å². The first kappa shape index (κ1) is 22.9. The van der Waals surface area contributed by atoms with Crippen LogP contribution in [-0.2, 0) is 16.1 Å². The number of carbonyl (C=O) groups is 3. The van der Waals surface area contributed by atoms with Crippen LogP contribution < -0.4 is 10.6 Å². The fourth-order valence-electron chi connectivity index (χ4n) is 2.82. The second-order valence-electron chi connectivity index (χ2n) is 7.48. The summed E-state index contributed by atoms with van der Waals surface area (Å²) < 4.78 is 5.26. The number of nitrogens with zero attached hydrogens (tertiary/aromatic N) is 1. The van der Waals surface area contributed by atoms with E-state index in [1.165, 1.54) is 0 Å². The van der Waals surface area contributed by atoms with Crippen molar-refractivity contribution in [2.45, 2.75) is 46.3 Å². The molecule has 0 unspecified atom stereocenters. The highest BCUT2D eigenvalue weighted by atomic mass is 16.5. The van der Waals surface area contributed by atoms with Crippen molar-refractivity contribution in [1.29, 1.82) is 0 Å². The van der Waals surface area contributed by atoms with Crippen molar-refractivity contribution in [3.05, 3.63) is 65.7 Å². The molecule has 0 spiro atoms. The lowest BCUT2D eigenvalue weighted by atomic mass is 10.2. The minimum Gasteiger partial charge on any atom is -0.452 e. The smallest absolute Gasteiger partial charge is 0.340 e. The number of nitrogens with one attached hydrogen (secondary N) is 2. The molecule has 3 amide bonds. The molecule has 7 nitrogen and oxygen atoms in total. The minimum atomic E-state index is -0.674. The Hall–Kier alpha value is -3.35. The van der Waals surface area contributed by atoms with E-state index in [0.29, 0.717) is 12.2 Å². The van der Waals surface area contributed by atoms with Crippen LogP contribution in [0.5, 0.6) is 0 Å². The minimum absolute atomic E-state index is 0.0478. The molecule has 0 aliphatic heterocycles. The highest BCUT2D eigenvalue weighted by molar-refractivity contribution is 6.01. The Morgan fingerprint density at radius 3 is 2.20 bits per heavy atom. The van der Waals surface area contributed by atoms with Crippen LogP contribution in [0.4, 0.5) is 10.5 Å². The number of rotatable bonds is 8. The van der Waals surface area contributed by atoms with Crippen molar-refractivity contribution < 1.29 is 19.1 Å². The van der Waals surface area contributed by atoms with Crippen LogP contribution in [0, 0.1) is 0 Å². The maximum atomic E-state index is 12.7. The lowest BCUT2D eigenvalue weighted by molar-refractivity contribution is -0.136. The molecule has 0 bridgehead atoms. The topological polar surface area (TPSA) is 87.7 Å². The molecule has 0 saturated heterocycles. The maximum Gasteiger partial charge on any atom is 0.340 e. The van der Waals surface area contributed by atoms with Gasteiger partial charge in [-0.3, -0.25) is 4.79 Å². The summed E-state index contributed by atoms with van der Waals surface area (Å²) in [6, 6.07) is 15.6. The number of esters is 1. The summed E-state index contributed by atoms with van der Waals surface area (Å²) in [6.07, 6.45) is 0. The molecule has 2 aromatic rings. The average molecular weight is 412 g/mol. The summed E-state index contributed by atoms with van der Waals surface area (Å²) in [5, 5.41) is 5.33. The molecule has 0 aliphatic carbocycles. The van der Waals surface area contributed by atoms with E-state index in [0.717, 1.165) is 5.56 Å². The standard InChI is InChI=1S/C23H29N3O4/c1-16(2)24-23(29)25-20-13-9-8-12-19(20)22(28)30-15-21(27)26(17(3)4)14-18-10-6-5-7-11-18/h5-13,16-17H,14-15H2,1-4H3,(H2,24,25,29). The number of hydrogen-bond acceptors (Lipinski definition) is 4.